The van der Waals surface area contributed by atoms with E-state index in [-0.39, 0.29) is 5.91 Å². The largest absolute Gasteiger partial charge is 0.327 e. The molecule has 3 heteroatoms. The van der Waals surface area contributed by atoms with Crippen LogP contribution in [0.25, 0.3) is 0 Å². The molecule has 2 atom stereocenters. The number of nitrogens with zero attached hydrogens (tertiary/aromatic N) is 2. The molecule has 1 aromatic rings. The molecule has 0 N–H and O–H groups in total. The van der Waals surface area contributed by atoms with Crippen molar-refractivity contribution in [2.75, 3.05) is 0 Å². The topological polar surface area (TPSA) is 33.0 Å². The van der Waals surface area contributed by atoms with Crippen LogP contribution in [0.5, 0.6) is 0 Å². The smallest absolute Gasteiger partial charge is 0.273 e. The van der Waals surface area contributed by atoms with Crippen molar-refractivity contribution in [3.8, 4) is 0 Å². The fourth-order valence-corrected chi connectivity index (χ4v) is 2.46. The summed E-state index contributed by atoms with van der Waals surface area (Å²) in [6, 6.07) is 6.55. The Morgan fingerprint density at radius 1 is 1.36 bits per heavy atom. The molecule has 0 spiro atoms. The molecule has 0 radical (unpaired) electrons. The third-order valence-electron chi connectivity index (χ3n) is 3.19. The van der Waals surface area contributed by atoms with Crippen LogP contribution in [0, 0.1) is 0 Å². The molecule has 3 rings (SSSR count). The Balaban J connectivity index is 1.79. The number of hydrogen-bond donors (Lipinski definition) is 0. The minimum atomic E-state index is 0.111. The van der Waals surface area contributed by atoms with Gasteiger partial charge in [0.1, 0.15) is 5.69 Å². The summed E-state index contributed by atoms with van der Waals surface area (Å²) in [6.45, 7) is 0. The number of carbonyl (C=O) groups is 1. The number of aromatic nitrogens is 1. The lowest BCUT2D eigenvalue weighted by Crippen LogP contribution is -2.17. The van der Waals surface area contributed by atoms with Gasteiger partial charge in [-0.05, 0) is 31.4 Å². The zero-order chi connectivity index (χ0) is 9.54. The molecule has 2 aliphatic rings. The van der Waals surface area contributed by atoms with Gasteiger partial charge in [0.25, 0.3) is 5.91 Å². The summed E-state index contributed by atoms with van der Waals surface area (Å²) in [5.41, 5.74) is 0.585. The fourth-order valence-electron chi connectivity index (χ4n) is 2.46. The first-order valence-electron chi connectivity index (χ1n) is 5.11. The van der Waals surface area contributed by atoms with Crippen LogP contribution in [0.15, 0.2) is 24.4 Å². The van der Waals surface area contributed by atoms with Crippen LogP contribution in [0.1, 0.15) is 29.8 Å². The van der Waals surface area contributed by atoms with Crippen LogP contribution in [0.2, 0.25) is 0 Å². The van der Waals surface area contributed by atoms with Crippen molar-refractivity contribution < 1.29 is 4.79 Å². The molecule has 1 saturated heterocycles. The average Bonchev–Trinajstić information content (AvgIpc) is 2.72. The Hall–Kier alpha value is -1.38. The number of pyridine rings is 1. The minimum Gasteiger partial charge on any atom is -0.327 e. The second-order valence-electron chi connectivity index (χ2n) is 3.99. The summed E-state index contributed by atoms with van der Waals surface area (Å²) in [5.74, 6) is 0.111. The minimum absolute atomic E-state index is 0.111. The lowest BCUT2D eigenvalue weighted by atomic mass is 10.3. The molecule has 3 nitrogen and oxygen atoms in total. The van der Waals surface area contributed by atoms with Crippen LogP contribution < -0.4 is 0 Å². The maximum atomic E-state index is 11.9. The molecule has 0 bridgehead atoms. The Labute approximate surface area is 82.8 Å². The second-order valence-corrected chi connectivity index (χ2v) is 3.99. The molecule has 72 valence electrons. The van der Waals surface area contributed by atoms with E-state index < -0.39 is 0 Å². The quantitative estimate of drug-likeness (QED) is 0.625. The monoisotopic (exact) mass is 188 g/mol. The predicted molar refractivity (Wildman–Crippen MR) is 51.8 cm³/mol. The molecule has 1 aliphatic heterocycles. The molecule has 2 heterocycles. The summed E-state index contributed by atoms with van der Waals surface area (Å²) in [7, 11) is 0. The van der Waals surface area contributed by atoms with Gasteiger partial charge in [-0.15, -0.1) is 0 Å². The number of rotatable bonds is 1. The highest BCUT2D eigenvalue weighted by atomic mass is 16.2. The Morgan fingerprint density at radius 2 is 2.14 bits per heavy atom. The SMILES string of the molecule is O=C(c1ccccn1)N1C2CCCC21. The molecule has 1 aromatic heterocycles. The molecule has 2 unspecified atom stereocenters. The van der Waals surface area contributed by atoms with Crippen LogP contribution in [0.4, 0.5) is 0 Å². The Morgan fingerprint density at radius 3 is 2.79 bits per heavy atom. The third-order valence-corrected chi connectivity index (χ3v) is 3.19. The first kappa shape index (κ1) is 7.97. The zero-order valence-corrected chi connectivity index (χ0v) is 7.89. The van der Waals surface area contributed by atoms with Crippen LogP contribution in [0.3, 0.4) is 0 Å². The van der Waals surface area contributed by atoms with E-state index in [0.29, 0.717) is 17.8 Å². The summed E-state index contributed by atoms with van der Waals surface area (Å²) < 4.78 is 0. The number of piperidine rings is 1. The second kappa shape index (κ2) is 2.80. The van der Waals surface area contributed by atoms with Gasteiger partial charge in [-0.3, -0.25) is 9.78 Å². The molecule has 1 saturated carbocycles. The van der Waals surface area contributed by atoms with Gasteiger partial charge < -0.3 is 4.90 Å². The van der Waals surface area contributed by atoms with E-state index in [1.165, 1.54) is 19.3 Å². The Bertz CT molecular complexity index is 353. The van der Waals surface area contributed by atoms with Crippen molar-refractivity contribution in [2.24, 2.45) is 0 Å². The lowest BCUT2D eigenvalue weighted by molar-refractivity contribution is 0.0850. The highest BCUT2D eigenvalue weighted by Gasteiger charge is 2.53. The van der Waals surface area contributed by atoms with E-state index in [1.54, 1.807) is 12.3 Å². The van der Waals surface area contributed by atoms with E-state index in [2.05, 4.69) is 4.98 Å². The normalized spacial score (nSPS) is 28.7. The van der Waals surface area contributed by atoms with Gasteiger partial charge in [0.05, 0.1) is 12.1 Å². The number of likely N-dealkylation sites (tertiary alicyclic amines) is 1. The molecule has 2 fully saturated rings. The average molecular weight is 188 g/mol. The number of hydrogen-bond acceptors (Lipinski definition) is 2. The molecule has 14 heavy (non-hydrogen) atoms. The number of fused-ring (bicyclic) bond motifs is 1. The Kier molecular flexibility index (Phi) is 1.60. The van der Waals surface area contributed by atoms with Crippen molar-refractivity contribution >= 4 is 5.91 Å². The lowest BCUT2D eigenvalue weighted by Gasteiger charge is -2.06. The van der Waals surface area contributed by atoms with E-state index in [9.17, 15) is 4.79 Å². The highest BCUT2D eigenvalue weighted by Crippen LogP contribution is 2.42. The van der Waals surface area contributed by atoms with E-state index >= 15 is 0 Å². The summed E-state index contributed by atoms with van der Waals surface area (Å²) in [6.07, 6.45) is 5.32. The van der Waals surface area contributed by atoms with Crippen molar-refractivity contribution in [1.82, 2.24) is 9.88 Å². The van der Waals surface area contributed by atoms with Crippen LogP contribution in [-0.2, 0) is 0 Å². The van der Waals surface area contributed by atoms with Crippen molar-refractivity contribution in [3.05, 3.63) is 30.1 Å². The van der Waals surface area contributed by atoms with Gasteiger partial charge in [-0.1, -0.05) is 6.07 Å². The van der Waals surface area contributed by atoms with Crippen molar-refractivity contribution in [1.29, 1.82) is 0 Å². The fraction of sp³-hybridized carbons (Fsp3) is 0.455. The van der Waals surface area contributed by atoms with E-state index in [4.69, 9.17) is 0 Å². The molecule has 1 amide bonds. The summed E-state index contributed by atoms with van der Waals surface area (Å²) in [4.78, 5) is 17.9. The number of amides is 1. The summed E-state index contributed by atoms with van der Waals surface area (Å²) in [5, 5.41) is 0. The van der Waals surface area contributed by atoms with Gasteiger partial charge in [-0.25, -0.2) is 0 Å². The number of carbonyl (C=O) groups excluding carboxylic acids is 1. The first-order chi connectivity index (χ1) is 6.88. The zero-order valence-electron chi connectivity index (χ0n) is 7.89. The molecular formula is C11H12N2O. The van der Waals surface area contributed by atoms with Crippen molar-refractivity contribution in [3.63, 3.8) is 0 Å². The molecule has 1 aliphatic carbocycles. The third kappa shape index (κ3) is 1.05. The highest BCUT2D eigenvalue weighted by molar-refractivity contribution is 5.94. The van der Waals surface area contributed by atoms with Crippen LogP contribution in [-0.4, -0.2) is 27.9 Å². The van der Waals surface area contributed by atoms with Crippen molar-refractivity contribution in [2.45, 2.75) is 31.3 Å². The maximum Gasteiger partial charge on any atom is 0.273 e. The first-order valence-corrected chi connectivity index (χ1v) is 5.11. The van der Waals surface area contributed by atoms with Gasteiger partial charge in [0.2, 0.25) is 0 Å². The van der Waals surface area contributed by atoms with Gasteiger partial charge in [-0.2, -0.15) is 0 Å². The standard InChI is InChI=1S/C11H12N2O/c14-11(8-4-1-2-7-12-8)13-9-5-3-6-10(9)13/h1-2,4,7,9-10H,3,5-6H2. The summed E-state index contributed by atoms with van der Waals surface area (Å²) >= 11 is 0. The maximum absolute atomic E-state index is 11.9. The molecule has 0 aromatic carbocycles. The predicted octanol–water partition coefficient (Wildman–Crippen LogP) is 1.46. The van der Waals surface area contributed by atoms with E-state index in [0.717, 1.165) is 0 Å². The van der Waals surface area contributed by atoms with Gasteiger partial charge in [0, 0.05) is 6.20 Å². The molecular weight excluding hydrogens is 176 g/mol. The van der Waals surface area contributed by atoms with Gasteiger partial charge in [0.15, 0.2) is 0 Å². The van der Waals surface area contributed by atoms with E-state index in [1.807, 2.05) is 17.0 Å². The van der Waals surface area contributed by atoms with Crippen LogP contribution >= 0.6 is 0 Å². The van der Waals surface area contributed by atoms with Gasteiger partial charge >= 0.3 is 0 Å².